The number of hydrogen-bond acceptors (Lipinski definition) is 6. The van der Waals surface area contributed by atoms with Crippen molar-refractivity contribution in [3.8, 4) is 0 Å². The third kappa shape index (κ3) is 11.1. The molecule has 6 atom stereocenters. The molecule has 0 saturated heterocycles. The molecule has 8 heteroatoms. The summed E-state index contributed by atoms with van der Waals surface area (Å²) >= 11 is 0. The summed E-state index contributed by atoms with van der Waals surface area (Å²) in [5.41, 5.74) is 4.31. The first-order chi connectivity index (χ1) is 25.6. The van der Waals surface area contributed by atoms with Crippen LogP contribution in [-0.2, 0) is 54.2 Å². The molecule has 1 aliphatic rings. The van der Waals surface area contributed by atoms with E-state index in [1.807, 2.05) is 48.5 Å². The zero-order valence-electron chi connectivity index (χ0n) is 34.3. The van der Waals surface area contributed by atoms with E-state index in [2.05, 4.69) is 141 Å². The second-order valence-corrected chi connectivity index (χ2v) is 27.2. The molecule has 0 radical (unpaired) electrons. The maximum atomic E-state index is 7.59. The summed E-state index contributed by atoms with van der Waals surface area (Å²) in [7, 11) is -4.86. The number of hydrogen-bond donors (Lipinski definition) is 0. The maximum Gasteiger partial charge on any atom is 0.192 e. The molecule has 54 heavy (non-hydrogen) atoms. The Hall–Kier alpha value is -2.93. The Kier molecular flexibility index (Phi) is 14.3. The van der Waals surface area contributed by atoms with Gasteiger partial charge in [0.2, 0.25) is 0 Å². The quantitative estimate of drug-likeness (QED) is 0.106. The number of ether oxygens (including phenoxy) is 4. The second kappa shape index (κ2) is 18.3. The van der Waals surface area contributed by atoms with Crippen molar-refractivity contribution >= 4 is 16.6 Å². The minimum absolute atomic E-state index is 0.0695. The third-order valence-corrected chi connectivity index (χ3v) is 20.5. The predicted octanol–water partition coefficient (Wildman–Crippen LogP) is 11.1. The Morgan fingerprint density at radius 3 is 0.759 bits per heavy atom. The molecule has 0 N–H and O–H groups in total. The van der Waals surface area contributed by atoms with Crippen molar-refractivity contribution < 1.29 is 27.8 Å². The molecule has 1 saturated carbocycles. The Bertz CT molecular complexity index is 1550. The van der Waals surface area contributed by atoms with Gasteiger partial charge in [0.1, 0.15) is 36.6 Å². The van der Waals surface area contributed by atoms with Gasteiger partial charge in [-0.2, -0.15) is 0 Å². The molecular weight excluding hydrogens is 705 g/mol. The highest BCUT2D eigenvalue weighted by molar-refractivity contribution is 6.74. The van der Waals surface area contributed by atoms with Crippen molar-refractivity contribution in [2.24, 2.45) is 0 Å². The highest BCUT2D eigenvalue weighted by Gasteiger charge is 2.58. The van der Waals surface area contributed by atoms with Gasteiger partial charge in [-0.25, -0.2) is 0 Å². The third-order valence-electron chi connectivity index (χ3n) is 11.6. The van der Waals surface area contributed by atoms with E-state index in [9.17, 15) is 0 Å². The first-order valence-electron chi connectivity index (χ1n) is 19.5. The van der Waals surface area contributed by atoms with Gasteiger partial charge in [0.05, 0.1) is 26.4 Å². The Labute approximate surface area is 327 Å². The van der Waals surface area contributed by atoms with Gasteiger partial charge in [0.25, 0.3) is 0 Å². The molecule has 0 amide bonds. The van der Waals surface area contributed by atoms with Crippen molar-refractivity contribution in [2.75, 3.05) is 0 Å². The molecule has 0 bridgehead atoms. The Balaban J connectivity index is 1.68. The summed E-state index contributed by atoms with van der Waals surface area (Å²) in [5.74, 6) is 0. The molecule has 0 aromatic heterocycles. The van der Waals surface area contributed by atoms with E-state index in [0.29, 0.717) is 26.4 Å². The number of rotatable bonds is 16. The normalized spacial score (nSPS) is 22.6. The SMILES string of the molecule is CC(C)(C)[Si](C)(C)O[C@H]1[C@H](OCc2ccccc2)[C@H](OCc2ccccc2)[C@H](OCc2ccccc2)[C@@H](OCc2ccccc2)[C@@H]1O[Si](C)(C)C(C)(C)C. The molecule has 0 spiro atoms. The first kappa shape index (κ1) is 42.2. The molecule has 0 aliphatic heterocycles. The molecule has 6 nitrogen and oxygen atoms in total. The van der Waals surface area contributed by atoms with Crippen LogP contribution >= 0.6 is 0 Å². The highest BCUT2D eigenvalue weighted by Crippen LogP contribution is 2.45. The van der Waals surface area contributed by atoms with Crippen LogP contribution in [0.4, 0.5) is 0 Å². The number of benzene rings is 4. The fraction of sp³-hybridized carbons (Fsp3) is 0.478. The van der Waals surface area contributed by atoms with Gasteiger partial charge in [-0.05, 0) is 58.5 Å². The van der Waals surface area contributed by atoms with Crippen LogP contribution in [0.25, 0.3) is 0 Å². The minimum atomic E-state index is -2.43. The molecule has 4 aromatic carbocycles. The summed E-state index contributed by atoms with van der Waals surface area (Å²) in [6, 6.07) is 41.3. The summed E-state index contributed by atoms with van der Waals surface area (Å²) in [5, 5.41) is -0.139. The van der Waals surface area contributed by atoms with Gasteiger partial charge in [0, 0.05) is 0 Å². The van der Waals surface area contributed by atoms with Crippen LogP contribution in [0.15, 0.2) is 121 Å². The molecular formula is C46H64O6Si2. The highest BCUT2D eigenvalue weighted by atomic mass is 28.4. The summed E-state index contributed by atoms with van der Waals surface area (Å²) in [4.78, 5) is 0. The molecule has 0 unspecified atom stereocenters. The maximum absolute atomic E-state index is 7.59. The van der Waals surface area contributed by atoms with E-state index in [-0.39, 0.29) is 10.1 Å². The van der Waals surface area contributed by atoms with Crippen LogP contribution < -0.4 is 0 Å². The van der Waals surface area contributed by atoms with Gasteiger partial charge in [0.15, 0.2) is 16.6 Å². The Morgan fingerprint density at radius 1 is 0.352 bits per heavy atom. The van der Waals surface area contributed by atoms with E-state index in [1.54, 1.807) is 0 Å². The average molecular weight is 769 g/mol. The molecule has 4 aromatic rings. The zero-order valence-corrected chi connectivity index (χ0v) is 36.3. The molecule has 0 heterocycles. The van der Waals surface area contributed by atoms with Crippen molar-refractivity contribution in [1.29, 1.82) is 0 Å². The molecule has 292 valence electrons. The van der Waals surface area contributed by atoms with Crippen LogP contribution in [0.3, 0.4) is 0 Å². The molecule has 1 aliphatic carbocycles. The van der Waals surface area contributed by atoms with Gasteiger partial charge in [-0.3, -0.25) is 0 Å². The van der Waals surface area contributed by atoms with Gasteiger partial charge >= 0.3 is 0 Å². The van der Waals surface area contributed by atoms with Crippen LogP contribution in [0.1, 0.15) is 63.8 Å². The van der Waals surface area contributed by atoms with E-state index in [0.717, 1.165) is 22.3 Å². The lowest BCUT2D eigenvalue weighted by Crippen LogP contribution is -2.70. The lowest BCUT2D eigenvalue weighted by Gasteiger charge is -2.55. The van der Waals surface area contributed by atoms with E-state index in [4.69, 9.17) is 27.8 Å². The van der Waals surface area contributed by atoms with Gasteiger partial charge in [-0.1, -0.05) is 163 Å². The van der Waals surface area contributed by atoms with Gasteiger partial charge in [-0.15, -0.1) is 0 Å². The standard InChI is InChI=1S/C46H64O6Si2/c1-45(2,3)53(7,8)51-43-41(49-33-37-27-19-13-20-28-37)39(47-31-35-23-15-11-16-24-35)40(48-32-36-25-17-12-18-26-36)42(50-34-38-29-21-14-22-30-38)44(43)52-54(9,10)46(4,5)6/h11-30,39-44H,31-34H2,1-10H3/t39-,40+,41-,42-,43+,44+/m1/s1. The van der Waals surface area contributed by atoms with E-state index >= 15 is 0 Å². The topological polar surface area (TPSA) is 55.4 Å². The average Bonchev–Trinajstić information content (AvgIpc) is 3.13. The summed E-state index contributed by atoms with van der Waals surface area (Å²) < 4.78 is 43.6. The van der Waals surface area contributed by atoms with Crippen LogP contribution in [0.2, 0.25) is 36.3 Å². The van der Waals surface area contributed by atoms with Crippen LogP contribution in [0, 0.1) is 0 Å². The zero-order chi connectivity index (χ0) is 39.0. The predicted molar refractivity (Wildman–Crippen MR) is 224 cm³/mol. The minimum Gasteiger partial charge on any atom is -0.408 e. The monoisotopic (exact) mass is 768 g/mol. The summed E-state index contributed by atoms with van der Waals surface area (Å²) in [6.45, 7) is 24.5. The lowest BCUT2D eigenvalue weighted by molar-refractivity contribution is -0.268. The van der Waals surface area contributed by atoms with Crippen LogP contribution in [-0.4, -0.2) is 53.3 Å². The van der Waals surface area contributed by atoms with Gasteiger partial charge < -0.3 is 27.8 Å². The lowest BCUT2D eigenvalue weighted by atomic mass is 9.84. The Morgan fingerprint density at radius 2 is 0.556 bits per heavy atom. The van der Waals surface area contributed by atoms with Crippen molar-refractivity contribution in [3.05, 3.63) is 144 Å². The fourth-order valence-electron chi connectivity index (χ4n) is 6.25. The largest absolute Gasteiger partial charge is 0.408 e. The van der Waals surface area contributed by atoms with Crippen molar-refractivity contribution in [2.45, 2.75) is 141 Å². The van der Waals surface area contributed by atoms with Crippen LogP contribution in [0.5, 0.6) is 0 Å². The fourth-order valence-corrected chi connectivity index (χ4v) is 8.85. The van der Waals surface area contributed by atoms with Crippen molar-refractivity contribution in [3.63, 3.8) is 0 Å². The van der Waals surface area contributed by atoms with Crippen molar-refractivity contribution in [1.82, 2.24) is 0 Å². The first-order valence-corrected chi connectivity index (χ1v) is 25.4. The molecule has 5 rings (SSSR count). The smallest absolute Gasteiger partial charge is 0.192 e. The van der Waals surface area contributed by atoms with E-state index in [1.165, 1.54) is 0 Å². The summed E-state index contributed by atoms with van der Waals surface area (Å²) in [6.07, 6.45) is -3.16. The molecule has 1 fully saturated rings. The van der Waals surface area contributed by atoms with E-state index < -0.39 is 53.3 Å². The second-order valence-electron chi connectivity index (χ2n) is 17.7.